The van der Waals surface area contributed by atoms with E-state index >= 15 is 0 Å². The molecule has 0 aromatic heterocycles. The third-order valence-corrected chi connectivity index (χ3v) is 4.97. The third-order valence-electron chi connectivity index (χ3n) is 4.72. The van der Waals surface area contributed by atoms with Gasteiger partial charge in [-0.1, -0.05) is 35.9 Å². The zero-order valence-corrected chi connectivity index (χ0v) is 16.4. The number of carbonyl (C=O) groups is 1. The number of nitrogens with zero attached hydrogens (tertiary/aromatic N) is 1. The van der Waals surface area contributed by atoms with Crippen molar-refractivity contribution in [1.82, 2.24) is 10.2 Å². The van der Waals surface area contributed by atoms with Gasteiger partial charge in [-0.15, -0.1) is 0 Å². The van der Waals surface area contributed by atoms with Gasteiger partial charge >= 0.3 is 0 Å². The van der Waals surface area contributed by atoms with E-state index in [2.05, 4.69) is 34.5 Å². The predicted molar refractivity (Wildman–Crippen MR) is 109 cm³/mol. The maximum atomic E-state index is 12.0. The van der Waals surface area contributed by atoms with Gasteiger partial charge in [0.25, 0.3) is 0 Å². The Labute approximate surface area is 166 Å². The molecule has 0 aliphatic carbocycles. The summed E-state index contributed by atoms with van der Waals surface area (Å²) >= 11 is 5.84. The average molecular weight is 387 g/mol. The van der Waals surface area contributed by atoms with Gasteiger partial charge in [-0.25, -0.2) is 0 Å². The quantitative estimate of drug-likeness (QED) is 0.649. The van der Waals surface area contributed by atoms with E-state index in [-0.39, 0.29) is 5.91 Å². The fraction of sp³-hybridized carbons (Fsp3) is 0.409. The van der Waals surface area contributed by atoms with Crippen LogP contribution in [0.1, 0.15) is 36.8 Å². The maximum absolute atomic E-state index is 12.0. The molecule has 27 heavy (non-hydrogen) atoms. The van der Waals surface area contributed by atoms with Gasteiger partial charge in [-0.05, 0) is 67.7 Å². The minimum absolute atomic E-state index is 0.0552. The molecule has 0 radical (unpaired) electrons. The Morgan fingerprint density at radius 2 is 1.81 bits per heavy atom. The molecule has 3 rings (SSSR count). The van der Waals surface area contributed by atoms with Crippen molar-refractivity contribution < 1.29 is 9.53 Å². The Hall–Kier alpha value is -2.04. The normalized spacial score (nSPS) is 14.3. The number of amides is 1. The summed E-state index contributed by atoms with van der Waals surface area (Å²) in [6, 6.07) is 15.8. The number of benzene rings is 2. The summed E-state index contributed by atoms with van der Waals surface area (Å²) in [5.74, 6) is 0.828. The van der Waals surface area contributed by atoms with Crippen LogP contribution in [0.2, 0.25) is 5.02 Å². The molecule has 0 unspecified atom stereocenters. The van der Waals surface area contributed by atoms with Crippen LogP contribution in [0.3, 0.4) is 0 Å². The zero-order valence-electron chi connectivity index (χ0n) is 15.6. The molecule has 1 aliphatic rings. The van der Waals surface area contributed by atoms with Crippen molar-refractivity contribution in [3.05, 3.63) is 64.7 Å². The molecule has 5 heteroatoms. The molecule has 4 nitrogen and oxygen atoms in total. The first-order valence-corrected chi connectivity index (χ1v) is 10.0. The lowest BCUT2D eigenvalue weighted by atomic mass is 10.1. The van der Waals surface area contributed by atoms with Crippen LogP contribution in [-0.4, -0.2) is 30.5 Å². The van der Waals surface area contributed by atoms with Gasteiger partial charge in [-0.3, -0.25) is 9.69 Å². The fourth-order valence-corrected chi connectivity index (χ4v) is 3.41. The molecule has 144 valence electrons. The topological polar surface area (TPSA) is 41.6 Å². The second kappa shape index (κ2) is 10.3. The lowest BCUT2D eigenvalue weighted by molar-refractivity contribution is -0.121. The highest BCUT2D eigenvalue weighted by molar-refractivity contribution is 6.30. The summed E-state index contributed by atoms with van der Waals surface area (Å²) in [4.78, 5) is 14.5. The molecule has 0 saturated carbocycles. The Morgan fingerprint density at radius 1 is 1.07 bits per heavy atom. The van der Waals surface area contributed by atoms with Crippen LogP contribution in [0, 0.1) is 0 Å². The monoisotopic (exact) mass is 386 g/mol. The predicted octanol–water partition coefficient (Wildman–Crippen LogP) is 4.41. The lowest BCUT2D eigenvalue weighted by Crippen LogP contribution is -2.23. The van der Waals surface area contributed by atoms with Crippen LogP contribution in [0.5, 0.6) is 5.75 Å². The first-order valence-electron chi connectivity index (χ1n) is 9.64. The van der Waals surface area contributed by atoms with Gasteiger partial charge in [-0.2, -0.15) is 0 Å². The van der Waals surface area contributed by atoms with Crippen molar-refractivity contribution >= 4 is 17.5 Å². The molecule has 1 saturated heterocycles. The standard InChI is InChI=1S/C22H27ClN2O2/c23-20-8-10-21(11-9-20)27-14-4-7-22(26)24-16-18-5-3-6-19(15-18)17-25-12-1-2-13-25/h3,5-6,8-11,15H,1-2,4,7,12-14,16-17H2,(H,24,26). The third kappa shape index (κ3) is 6.89. The number of likely N-dealkylation sites (tertiary alicyclic amines) is 1. The van der Waals surface area contributed by atoms with Crippen LogP contribution < -0.4 is 10.1 Å². The van der Waals surface area contributed by atoms with Crippen molar-refractivity contribution in [1.29, 1.82) is 0 Å². The van der Waals surface area contributed by atoms with Crippen LogP contribution in [-0.2, 0) is 17.9 Å². The van der Waals surface area contributed by atoms with Crippen molar-refractivity contribution in [2.24, 2.45) is 0 Å². The number of hydrogen-bond donors (Lipinski definition) is 1. The minimum Gasteiger partial charge on any atom is -0.494 e. The first-order chi connectivity index (χ1) is 13.2. The number of hydrogen-bond acceptors (Lipinski definition) is 3. The van der Waals surface area contributed by atoms with Crippen LogP contribution >= 0.6 is 11.6 Å². The van der Waals surface area contributed by atoms with E-state index in [1.807, 2.05) is 12.1 Å². The number of rotatable bonds is 9. The Bertz CT molecular complexity index is 727. The molecule has 1 heterocycles. The smallest absolute Gasteiger partial charge is 0.220 e. The molecule has 1 fully saturated rings. The van der Waals surface area contributed by atoms with E-state index in [0.717, 1.165) is 17.9 Å². The molecule has 2 aromatic carbocycles. The van der Waals surface area contributed by atoms with E-state index in [1.165, 1.54) is 31.5 Å². The van der Waals surface area contributed by atoms with Crippen molar-refractivity contribution in [3.8, 4) is 5.75 Å². The molecule has 1 aliphatic heterocycles. The lowest BCUT2D eigenvalue weighted by Gasteiger charge is -2.15. The van der Waals surface area contributed by atoms with Crippen molar-refractivity contribution in [2.45, 2.75) is 38.8 Å². The van der Waals surface area contributed by atoms with Crippen LogP contribution in [0.25, 0.3) is 0 Å². The fourth-order valence-electron chi connectivity index (χ4n) is 3.28. The van der Waals surface area contributed by atoms with Gasteiger partial charge in [0.05, 0.1) is 6.61 Å². The molecule has 1 amide bonds. The Morgan fingerprint density at radius 3 is 2.59 bits per heavy atom. The van der Waals surface area contributed by atoms with Gasteiger partial charge in [0, 0.05) is 24.5 Å². The van der Waals surface area contributed by atoms with E-state index in [9.17, 15) is 4.79 Å². The molecule has 0 spiro atoms. The van der Waals surface area contributed by atoms with Gasteiger partial charge < -0.3 is 10.1 Å². The van der Waals surface area contributed by atoms with E-state index < -0.39 is 0 Å². The molecule has 0 bridgehead atoms. The van der Waals surface area contributed by atoms with Crippen LogP contribution in [0.15, 0.2) is 48.5 Å². The molecular formula is C22H27ClN2O2. The minimum atomic E-state index is 0.0552. The maximum Gasteiger partial charge on any atom is 0.220 e. The zero-order chi connectivity index (χ0) is 18.9. The molecule has 0 atom stereocenters. The summed E-state index contributed by atoms with van der Waals surface area (Å²) in [6.45, 7) is 4.48. The van der Waals surface area contributed by atoms with E-state index in [4.69, 9.17) is 16.3 Å². The van der Waals surface area contributed by atoms with Gasteiger partial charge in [0.15, 0.2) is 0 Å². The number of ether oxygens (including phenoxy) is 1. The van der Waals surface area contributed by atoms with Crippen molar-refractivity contribution in [3.63, 3.8) is 0 Å². The second-order valence-corrected chi connectivity index (χ2v) is 7.42. The molecule has 2 aromatic rings. The van der Waals surface area contributed by atoms with Crippen LogP contribution in [0.4, 0.5) is 0 Å². The first kappa shape index (κ1) is 19.7. The van der Waals surface area contributed by atoms with Gasteiger partial charge in [0.2, 0.25) is 5.91 Å². The molecule has 1 N–H and O–H groups in total. The van der Waals surface area contributed by atoms with Crippen molar-refractivity contribution in [2.75, 3.05) is 19.7 Å². The summed E-state index contributed by atoms with van der Waals surface area (Å²) in [5.41, 5.74) is 2.47. The highest BCUT2D eigenvalue weighted by atomic mass is 35.5. The van der Waals surface area contributed by atoms with Gasteiger partial charge in [0.1, 0.15) is 5.75 Å². The highest BCUT2D eigenvalue weighted by Crippen LogP contribution is 2.16. The highest BCUT2D eigenvalue weighted by Gasteiger charge is 2.11. The summed E-state index contributed by atoms with van der Waals surface area (Å²) in [6.07, 6.45) is 3.75. The number of nitrogens with one attached hydrogen (secondary N) is 1. The second-order valence-electron chi connectivity index (χ2n) is 6.99. The largest absolute Gasteiger partial charge is 0.494 e. The molecular weight excluding hydrogens is 360 g/mol. The SMILES string of the molecule is O=C(CCCOc1ccc(Cl)cc1)NCc1cccc(CN2CCCC2)c1. The number of halogens is 1. The summed E-state index contributed by atoms with van der Waals surface area (Å²) < 4.78 is 5.61. The Balaban J connectivity index is 1.34. The summed E-state index contributed by atoms with van der Waals surface area (Å²) in [5, 5.41) is 3.69. The Kier molecular flexibility index (Phi) is 7.55. The summed E-state index contributed by atoms with van der Waals surface area (Å²) in [7, 11) is 0. The van der Waals surface area contributed by atoms with E-state index in [1.54, 1.807) is 12.1 Å². The van der Waals surface area contributed by atoms with E-state index in [0.29, 0.717) is 31.0 Å². The number of carbonyl (C=O) groups excluding carboxylic acids is 1. The average Bonchev–Trinajstić information content (AvgIpc) is 3.18.